The molecule has 0 amide bonds. The van der Waals surface area contributed by atoms with E-state index in [1.54, 1.807) is 0 Å². The second kappa shape index (κ2) is 4.73. The highest BCUT2D eigenvalue weighted by molar-refractivity contribution is 5.08. The van der Waals surface area contributed by atoms with Gasteiger partial charge in [-0.05, 0) is 31.4 Å². The van der Waals surface area contributed by atoms with Crippen molar-refractivity contribution in [1.29, 1.82) is 0 Å². The minimum atomic E-state index is 0.394. The van der Waals surface area contributed by atoms with Gasteiger partial charge >= 0.3 is 0 Å². The number of hydrogen-bond donors (Lipinski definition) is 1. The highest BCUT2D eigenvalue weighted by Crippen LogP contribution is 2.18. The summed E-state index contributed by atoms with van der Waals surface area (Å²) in [5, 5.41) is 0. The van der Waals surface area contributed by atoms with Crippen LogP contribution in [0.5, 0.6) is 0 Å². The topological polar surface area (TPSA) is 42.1 Å². The average molecular weight is 205 g/mol. The predicted octanol–water partition coefficient (Wildman–Crippen LogP) is 1.39. The molecular formula is C12H19N3. The number of piperidine rings is 1. The van der Waals surface area contributed by atoms with E-state index >= 15 is 0 Å². The number of rotatable bonds is 2. The number of aromatic nitrogens is 1. The van der Waals surface area contributed by atoms with E-state index in [2.05, 4.69) is 22.9 Å². The Morgan fingerprint density at radius 3 is 3.13 bits per heavy atom. The first-order chi connectivity index (χ1) is 7.25. The molecule has 0 radical (unpaired) electrons. The number of pyridine rings is 1. The van der Waals surface area contributed by atoms with Gasteiger partial charge in [0.15, 0.2) is 0 Å². The van der Waals surface area contributed by atoms with Crippen LogP contribution in [0.1, 0.15) is 25.3 Å². The largest absolute Gasteiger partial charge is 0.328 e. The minimum absolute atomic E-state index is 0.394. The molecule has 3 nitrogen and oxygen atoms in total. The maximum absolute atomic E-state index is 5.94. The third kappa shape index (κ3) is 2.76. The molecule has 2 unspecified atom stereocenters. The van der Waals surface area contributed by atoms with E-state index in [0.29, 0.717) is 12.1 Å². The van der Waals surface area contributed by atoms with Crippen LogP contribution < -0.4 is 5.73 Å². The van der Waals surface area contributed by atoms with Crippen molar-refractivity contribution >= 4 is 0 Å². The Morgan fingerprint density at radius 2 is 2.47 bits per heavy atom. The molecule has 2 heterocycles. The van der Waals surface area contributed by atoms with Gasteiger partial charge in [-0.15, -0.1) is 0 Å². The Balaban J connectivity index is 1.95. The molecule has 3 heteroatoms. The van der Waals surface area contributed by atoms with E-state index in [4.69, 9.17) is 5.73 Å². The number of hydrogen-bond acceptors (Lipinski definition) is 3. The van der Waals surface area contributed by atoms with Crippen molar-refractivity contribution in [3.8, 4) is 0 Å². The normalized spacial score (nSPS) is 27.9. The van der Waals surface area contributed by atoms with Gasteiger partial charge < -0.3 is 5.73 Å². The van der Waals surface area contributed by atoms with Gasteiger partial charge in [-0.2, -0.15) is 0 Å². The van der Waals surface area contributed by atoms with Crippen molar-refractivity contribution in [2.24, 2.45) is 5.73 Å². The quantitative estimate of drug-likeness (QED) is 0.793. The summed E-state index contributed by atoms with van der Waals surface area (Å²) < 4.78 is 0. The van der Waals surface area contributed by atoms with E-state index in [9.17, 15) is 0 Å². The van der Waals surface area contributed by atoms with E-state index in [-0.39, 0.29) is 0 Å². The van der Waals surface area contributed by atoms with Crippen LogP contribution in [0.2, 0.25) is 0 Å². The Morgan fingerprint density at radius 1 is 1.60 bits per heavy atom. The summed E-state index contributed by atoms with van der Waals surface area (Å²) in [4.78, 5) is 6.63. The van der Waals surface area contributed by atoms with Crippen LogP contribution >= 0.6 is 0 Å². The molecule has 1 aliphatic rings. The van der Waals surface area contributed by atoms with Crippen molar-refractivity contribution in [3.63, 3.8) is 0 Å². The smallest absolute Gasteiger partial charge is 0.0312 e. The minimum Gasteiger partial charge on any atom is -0.328 e. The van der Waals surface area contributed by atoms with Gasteiger partial charge in [0.1, 0.15) is 0 Å². The Kier molecular flexibility index (Phi) is 3.34. The maximum Gasteiger partial charge on any atom is 0.0312 e. The number of nitrogens with zero attached hydrogens (tertiary/aromatic N) is 2. The number of nitrogens with two attached hydrogens (primary N) is 1. The first kappa shape index (κ1) is 10.6. The molecule has 0 spiro atoms. The lowest BCUT2D eigenvalue weighted by atomic mass is 9.99. The SMILES string of the molecule is CC1CC(N)CCN1Cc1cccnc1. The molecule has 0 aliphatic carbocycles. The predicted molar refractivity (Wildman–Crippen MR) is 61.3 cm³/mol. The lowest BCUT2D eigenvalue weighted by Gasteiger charge is -2.36. The summed E-state index contributed by atoms with van der Waals surface area (Å²) in [5.74, 6) is 0. The molecule has 1 fully saturated rings. The average Bonchev–Trinajstić information content (AvgIpc) is 2.24. The summed E-state index contributed by atoms with van der Waals surface area (Å²) >= 11 is 0. The van der Waals surface area contributed by atoms with Gasteiger partial charge in [0, 0.05) is 37.6 Å². The van der Waals surface area contributed by atoms with Crippen LogP contribution in [0.15, 0.2) is 24.5 Å². The molecular weight excluding hydrogens is 186 g/mol. The molecule has 2 atom stereocenters. The van der Waals surface area contributed by atoms with Crippen LogP contribution in [-0.4, -0.2) is 28.5 Å². The second-order valence-corrected chi connectivity index (χ2v) is 4.47. The molecule has 2 rings (SSSR count). The lowest BCUT2D eigenvalue weighted by molar-refractivity contribution is 0.140. The van der Waals surface area contributed by atoms with Gasteiger partial charge in [0.25, 0.3) is 0 Å². The summed E-state index contributed by atoms with van der Waals surface area (Å²) in [6.07, 6.45) is 5.99. The molecule has 2 N–H and O–H groups in total. The molecule has 1 saturated heterocycles. The van der Waals surface area contributed by atoms with E-state index < -0.39 is 0 Å². The molecule has 1 aliphatic heterocycles. The zero-order valence-corrected chi connectivity index (χ0v) is 9.26. The van der Waals surface area contributed by atoms with Crippen LogP contribution in [0, 0.1) is 0 Å². The maximum atomic E-state index is 5.94. The molecule has 0 aromatic carbocycles. The lowest BCUT2D eigenvalue weighted by Crippen LogP contribution is -2.44. The molecule has 82 valence electrons. The second-order valence-electron chi connectivity index (χ2n) is 4.47. The highest BCUT2D eigenvalue weighted by atomic mass is 15.2. The van der Waals surface area contributed by atoms with Crippen molar-refractivity contribution in [1.82, 2.24) is 9.88 Å². The molecule has 0 bridgehead atoms. The van der Waals surface area contributed by atoms with Gasteiger partial charge in [-0.3, -0.25) is 9.88 Å². The number of likely N-dealkylation sites (tertiary alicyclic amines) is 1. The van der Waals surface area contributed by atoms with Crippen LogP contribution in [0.25, 0.3) is 0 Å². The first-order valence-electron chi connectivity index (χ1n) is 5.64. The Hall–Kier alpha value is -0.930. The van der Waals surface area contributed by atoms with Gasteiger partial charge in [-0.25, -0.2) is 0 Å². The Bertz CT molecular complexity index is 299. The molecule has 1 aromatic rings. The fourth-order valence-electron chi connectivity index (χ4n) is 2.22. The van der Waals surface area contributed by atoms with Crippen molar-refractivity contribution in [2.45, 2.75) is 38.4 Å². The van der Waals surface area contributed by atoms with Crippen LogP contribution in [0.3, 0.4) is 0 Å². The van der Waals surface area contributed by atoms with Crippen molar-refractivity contribution < 1.29 is 0 Å². The summed E-state index contributed by atoms with van der Waals surface area (Å²) in [6.45, 7) is 4.37. The third-order valence-electron chi connectivity index (χ3n) is 3.16. The van der Waals surface area contributed by atoms with Crippen molar-refractivity contribution in [2.75, 3.05) is 6.54 Å². The van der Waals surface area contributed by atoms with Gasteiger partial charge in [0.05, 0.1) is 0 Å². The fraction of sp³-hybridized carbons (Fsp3) is 0.583. The zero-order chi connectivity index (χ0) is 10.7. The molecule has 0 saturated carbocycles. The third-order valence-corrected chi connectivity index (χ3v) is 3.16. The highest BCUT2D eigenvalue weighted by Gasteiger charge is 2.22. The van der Waals surface area contributed by atoms with E-state index in [1.807, 2.05) is 18.5 Å². The van der Waals surface area contributed by atoms with Crippen molar-refractivity contribution in [3.05, 3.63) is 30.1 Å². The molecule has 15 heavy (non-hydrogen) atoms. The summed E-state index contributed by atoms with van der Waals surface area (Å²) in [6, 6.07) is 5.11. The monoisotopic (exact) mass is 205 g/mol. The van der Waals surface area contributed by atoms with E-state index in [1.165, 1.54) is 5.56 Å². The van der Waals surface area contributed by atoms with Crippen LogP contribution in [-0.2, 0) is 6.54 Å². The zero-order valence-electron chi connectivity index (χ0n) is 9.26. The summed E-state index contributed by atoms with van der Waals surface area (Å²) in [5.41, 5.74) is 7.23. The standard InChI is InChI=1S/C12H19N3/c1-10-7-12(13)4-6-15(10)9-11-3-2-5-14-8-11/h2-3,5,8,10,12H,4,6-7,9,13H2,1H3. The van der Waals surface area contributed by atoms with E-state index in [0.717, 1.165) is 25.9 Å². The Labute approximate surface area is 91.3 Å². The molecule has 1 aromatic heterocycles. The van der Waals surface area contributed by atoms with Gasteiger partial charge in [0.2, 0.25) is 0 Å². The fourth-order valence-corrected chi connectivity index (χ4v) is 2.22. The van der Waals surface area contributed by atoms with Gasteiger partial charge in [-0.1, -0.05) is 6.07 Å². The van der Waals surface area contributed by atoms with Crippen LogP contribution in [0.4, 0.5) is 0 Å². The first-order valence-corrected chi connectivity index (χ1v) is 5.64. The summed E-state index contributed by atoms with van der Waals surface area (Å²) in [7, 11) is 0.